The van der Waals surface area contributed by atoms with Gasteiger partial charge < -0.3 is 10.1 Å². The minimum absolute atomic E-state index is 0.324. The molecule has 1 aromatic carbocycles. The molecule has 0 amide bonds. The number of allylic oxidation sites excluding steroid dienone is 1. The molecular weight excluding hydrogens is 276 g/mol. The average Bonchev–Trinajstić information content (AvgIpc) is 2.78. The van der Waals surface area contributed by atoms with E-state index < -0.39 is 5.97 Å². The van der Waals surface area contributed by atoms with Crippen LogP contribution in [0, 0.1) is 0 Å². The molecule has 0 atom stereocenters. The van der Waals surface area contributed by atoms with Crippen LogP contribution < -0.4 is 10.1 Å². The Balaban J connectivity index is 1.89. The maximum absolute atomic E-state index is 12.2. The summed E-state index contributed by atoms with van der Waals surface area (Å²) in [5.41, 5.74) is 3.18. The van der Waals surface area contributed by atoms with Crippen molar-refractivity contribution in [2.75, 3.05) is 5.32 Å². The maximum atomic E-state index is 12.2. The van der Waals surface area contributed by atoms with E-state index in [1.807, 2.05) is 6.07 Å². The summed E-state index contributed by atoms with van der Waals surface area (Å²) in [6.45, 7) is 3.87. The highest BCUT2D eigenvalue weighted by Crippen LogP contribution is 2.30. The van der Waals surface area contributed by atoms with Gasteiger partial charge in [-0.3, -0.25) is 4.98 Å². The Kier molecular flexibility index (Phi) is 3.16. The number of aromatic nitrogens is 1. The van der Waals surface area contributed by atoms with Gasteiger partial charge in [0.2, 0.25) is 0 Å². The van der Waals surface area contributed by atoms with Crippen molar-refractivity contribution in [2.45, 2.75) is 6.42 Å². The van der Waals surface area contributed by atoms with Gasteiger partial charge in [-0.05, 0) is 17.7 Å². The highest BCUT2D eigenvalue weighted by Gasteiger charge is 2.21. The van der Waals surface area contributed by atoms with Gasteiger partial charge in [0, 0.05) is 30.1 Å². The number of fused-ring (bicyclic) bond motifs is 1. The summed E-state index contributed by atoms with van der Waals surface area (Å²) >= 11 is 5.81. The van der Waals surface area contributed by atoms with Crippen LogP contribution in [-0.2, 0) is 6.42 Å². The Morgan fingerprint density at radius 1 is 1.40 bits per heavy atom. The lowest BCUT2D eigenvalue weighted by Gasteiger charge is -2.07. The smallest absolute Gasteiger partial charge is 0.343 e. The Hall–Kier alpha value is -2.33. The molecule has 5 heteroatoms. The van der Waals surface area contributed by atoms with Crippen molar-refractivity contribution in [1.29, 1.82) is 0 Å². The number of carbonyl (C=O) groups is 1. The third-order valence-corrected chi connectivity index (χ3v) is 3.19. The van der Waals surface area contributed by atoms with Gasteiger partial charge in [0.15, 0.2) is 5.75 Å². The molecular formula is C15H11ClN2O2. The van der Waals surface area contributed by atoms with Gasteiger partial charge in [0.1, 0.15) is 0 Å². The monoisotopic (exact) mass is 286 g/mol. The predicted molar refractivity (Wildman–Crippen MR) is 77.1 cm³/mol. The zero-order valence-electron chi connectivity index (χ0n) is 10.5. The van der Waals surface area contributed by atoms with Gasteiger partial charge in [-0.25, -0.2) is 4.79 Å². The van der Waals surface area contributed by atoms with E-state index in [-0.39, 0.29) is 0 Å². The highest BCUT2D eigenvalue weighted by atomic mass is 35.5. The number of nitrogens with one attached hydrogen (secondary N) is 1. The van der Waals surface area contributed by atoms with E-state index in [2.05, 4.69) is 16.9 Å². The van der Waals surface area contributed by atoms with Gasteiger partial charge in [-0.2, -0.15) is 0 Å². The van der Waals surface area contributed by atoms with Crippen LogP contribution in [0.5, 0.6) is 5.75 Å². The minimum atomic E-state index is -0.428. The summed E-state index contributed by atoms with van der Waals surface area (Å²) in [6, 6.07) is 6.99. The number of nitrogens with zero attached hydrogens (tertiary/aromatic N) is 1. The molecule has 0 radical (unpaired) electrons. The molecule has 0 fully saturated rings. The van der Waals surface area contributed by atoms with E-state index in [1.54, 1.807) is 18.2 Å². The lowest BCUT2D eigenvalue weighted by molar-refractivity contribution is 0.0733. The van der Waals surface area contributed by atoms with E-state index in [1.165, 1.54) is 12.4 Å². The van der Waals surface area contributed by atoms with Crippen LogP contribution in [0.3, 0.4) is 0 Å². The first-order chi connectivity index (χ1) is 9.63. The van der Waals surface area contributed by atoms with Gasteiger partial charge in [-0.15, -0.1) is 0 Å². The summed E-state index contributed by atoms with van der Waals surface area (Å²) in [6.07, 6.45) is 3.55. The normalized spacial score (nSPS) is 12.8. The van der Waals surface area contributed by atoms with E-state index in [4.69, 9.17) is 16.3 Å². The number of benzene rings is 1. The molecule has 1 aliphatic rings. The Morgan fingerprint density at radius 3 is 3.05 bits per heavy atom. The third kappa shape index (κ3) is 2.38. The molecule has 0 spiro atoms. The molecule has 0 aliphatic carbocycles. The van der Waals surface area contributed by atoms with Crippen LogP contribution >= 0.6 is 11.6 Å². The zero-order valence-corrected chi connectivity index (χ0v) is 11.3. The Labute approximate surface area is 121 Å². The van der Waals surface area contributed by atoms with Crippen molar-refractivity contribution in [3.63, 3.8) is 0 Å². The fourth-order valence-corrected chi connectivity index (χ4v) is 2.31. The molecule has 0 saturated carbocycles. The minimum Gasteiger partial charge on any atom is -0.421 e. The van der Waals surface area contributed by atoms with Gasteiger partial charge in [-0.1, -0.05) is 24.2 Å². The quantitative estimate of drug-likeness (QED) is 0.859. The van der Waals surface area contributed by atoms with Crippen LogP contribution in [-0.4, -0.2) is 11.0 Å². The van der Waals surface area contributed by atoms with Crippen LogP contribution in [0.1, 0.15) is 15.9 Å². The zero-order chi connectivity index (χ0) is 14.1. The van der Waals surface area contributed by atoms with Crippen molar-refractivity contribution in [3.8, 4) is 5.75 Å². The SMILES string of the molecule is C=C1Cc2c(cccc2C(=O)Oc2cncc(Cl)c2)N1. The molecule has 4 nitrogen and oxygen atoms in total. The Morgan fingerprint density at radius 2 is 2.25 bits per heavy atom. The second-order valence-electron chi connectivity index (χ2n) is 4.47. The molecule has 1 N–H and O–H groups in total. The predicted octanol–water partition coefficient (Wildman–Crippen LogP) is 3.44. The molecule has 1 aliphatic heterocycles. The molecule has 2 heterocycles. The van der Waals surface area contributed by atoms with E-state index in [0.717, 1.165) is 16.9 Å². The first kappa shape index (κ1) is 12.7. The highest BCUT2D eigenvalue weighted by molar-refractivity contribution is 6.30. The van der Waals surface area contributed by atoms with Crippen molar-refractivity contribution in [3.05, 3.63) is 65.1 Å². The molecule has 100 valence electrons. The van der Waals surface area contributed by atoms with Gasteiger partial charge >= 0.3 is 5.97 Å². The van der Waals surface area contributed by atoms with E-state index in [0.29, 0.717) is 22.8 Å². The van der Waals surface area contributed by atoms with Gasteiger partial charge in [0.05, 0.1) is 16.8 Å². The summed E-state index contributed by atoms with van der Waals surface area (Å²) in [7, 11) is 0. The van der Waals surface area contributed by atoms with E-state index >= 15 is 0 Å². The van der Waals surface area contributed by atoms with Crippen molar-refractivity contribution < 1.29 is 9.53 Å². The first-order valence-corrected chi connectivity index (χ1v) is 6.41. The topological polar surface area (TPSA) is 51.2 Å². The molecule has 0 saturated heterocycles. The number of esters is 1. The molecule has 0 bridgehead atoms. The van der Waals surface area contributed by atoms with Crippen LogP contribution in [0.15, 0.2) is 48.9 Å². The van der Waals surface area contributed by atoms with Crippen molar-refractivity contribution in [2.24, 2.45) is 0 Å². The fourth-order valence-electron chi connectivity index (χ4n) is 2.14. The van der Waals surface area contributed by atoms with Crippen molar-refractivity contribution >= 4 is 23.3 Å². The number of carbonyl (C=O) groups excluding carboxylic acids is 1. The second kappa shape index (κ2) is 4.98. The fraction of sp³-hybridized carbons (Fsp3) is 0.0667. The number of pyridine rings is 1. The molecule has 1 aromatic heterocycles. The molecule has 20 heavy (non-hydrogen) atoms. The standard InChI is InChI=1S/C15H11ClN2O2/c1-9-5-13-12(3-2-4-14(13)18-9)15(19)20-11-6-10(16)7-17-8-11/h2-4,6-8,18H,1,5H2. The van der Waals surface area contributed by atoms with Crippen LogP contribution in [0.25, 0.3) is 0 Å². The third-order valence-electron chi connectivity index (χ3n) is 2.99. The lowest BCUT2D eigenvalue weighted by Crippen LogP contribution is -2.11. The first-order valence-electron chi connectivity index (χ1n) is 6.03. The number of anilines is 1. The Bertz CT molecular complexity index is 713. The van der Waals surface area contributed by atoms with Gasteiger partial charge in [0.25, 0.3) is 0 Å². The van der Waals surface area contributed by atoms with Crippen LogP contribution in [0.4, 0.5) is 5.69 Å². The maximum Gasteiger partial charge on any atom is 0.343 e. The number of hydrogen-bond acceptors (Lipinski definition) is 4. The summed E-state index contributed by atoms with van der Waals surface area (Å²) in [4.78, 5) is 16.1. The number of ether oxygens (including phenoxy) is 1. The summed E-state index contributed by atoms with van der Waals surface area (Å²) < 4.78 is 5.30. The van der Waals surface area contributed by atoms with Crippen molar-refractivity contribution in [1.82, 2.24) is 4.98 Å². The average molecular weight is 287 g/mol. The second-order valence-corrected chi connectivity index (χ2v) is 4.90. The number of rotatable bonds is 2. The summed E-state index contributed by atoms with van der Waals surface area (Å²) in [5, 5.41) is 3.55. The lowest BCUT2D eigenvalue weighted by atomic mass is 10.0. The molecule has 2 aromatic rings. The molecule has 3 rings (SSSR count). The van der Waals surface area contributed by atoms with E-state index in [9.17, 15) is 4.79 Å². The molecule has 0 unspecified atom stereocenters. The van der Waals surface area contributed by atoms with Crippen LogP contribution in [0.2, 0.25) is 5.02 Å². The number of hydrogen-bond donors (Lipinski definition) is 1. The summed E-state index contributed by atoms with van der Waals surface area (Å²) in [5.74, 6) is -0.104. The number of halogens is 1. The largest absolute Gasteiger partial charge is 0.421 e.